The van der Waals surface area contributed by atoms with Crippen molar-refractivity contribution in [3.8, 4) is 17.0 Å². The molecule has 0 saturated heterocycles. The van der Waals surface area contributed by atoms with E-state index in [0.29, 0.717) is 11.3 Å². The Labute approximate surface area is 166 Å². The molecule has 5 N–H and O–H groups in total. The number of carbonyl (C=O) groups is 2. The number of anilines is 1. The standard InChI is InChI=1S/C20H20FN5O3/c1-26-18(22)16(19(23)27)17(25-26)12-5-3-11(4-6-12)10-24-20(28)14-9-13(21)7-8-15(14)29-2/h3-9H,10,22H2,1-2H3,(H2,23,27)(H,24,28). The molecule has 0 aliphatic heterocycles. The Morgan fingerprint density at radius 2 is 1.90 bits per heavy atom. The second kappa shape index (κ2) is 8.01. The molecule has 0 atom stereocenters. The fourth-order valence-corrected chi connectivity index (χ4v) is 2.90. The third kappa shape index (κ3) is 4.03. The number of aryl methyl sites for hydroxylation is 1. The minimum absolute atomic E-state index is 0.110. The molecular formula is C20H20FN5O3. The SMILES string of the molecule is COc1ccc(F)cc1C(=O)NCc1ccc(-c2nn(C)c(N)c2C(N)=O)cc1. The average molecular weight is 397 g/mol. The number of primary amides is 1. The molecule has 0 unspecified atom stereocenters. The minimum Gasteiger partial charge on any atom is -0.496 e. The number of nitrogens with one attached hydrogen (secondary N) is 1. The van der Waals surface area contributed by atoms with Crippen LogP contribution in [0.3, 0.4) is 0 Å². The third-order valence-corrected chi connectivity index (χ3v) is 4.42. The summed E-state index contributed by atoms with van der Waals surface area (Å²) in [7, 11) is 3.03. The lowest BCUT2D eigenvalue weighted by atomic mass is 10.0. The monoisotopic (exact) mass is 397 g/mol. The van der Waals surface area contributed by atoms with E-state index in [1.165, 1.54) is 23.9 Å². The molecule has 0 aliphatic carbocycles. The smallest absolute Gasteiger partial charge is 0.255 e. The fourth-order valence-electron chi connectivity index (χ4n) is 2.90. The normalized spacial score (nSPS) is 10.6. The van der Waals surface area contributed by atoms with Crippen molar-refractivity contribution in [1.82, 2.24) is 15.1 Å². The van der Waals surface area contributed by atoms with Gasteiger partial charge in [-0.15, -0.1) is 0 Å². The Kier molecular flexibility index (Phi) is 5.49. The molecule has 8 nitrogen and oxygen atoms in total. The number of nitrogen functional groups attached to an aromatic ring is 1. The Hall–Kier alpha value is -3.88. The summed E-state index contributed by atoms with van der Waals surface area (Å²) >= 11 is 0. The van der Waals surface area contributed by atoms with Crippen molar-refractivity contribution >= 4 is 17.6 Å². The predicted molar refractivity (Wildman–Crippen MR) is 106 cm³/mol. The van der Waals surface area contributed by atoms with Crippen LogP contribution in [0.15, 0.2) is 42.5 Å². The molecule has 0 fully saturated rings. The number of benzene rings is 2. The number of methoxy groups -OCH3 is 1. The van der Waals surface area contributed by atoms with E-state index in [1.54, 1.807) is 31.3 Å². The van der Waals surface area contributed by atoms with Crippen LogP contribution in [0.5, 0.6) is 5.75 Å². The lowest BCUT2D eigenvalue weighted by molar-refractivity contribution is 0.0946. The number of rotatable bonds is 6. The highest BCUT2D eigenvalue weighted by molar-refractivity contribution is 6.03. The summed E-state index contributed by atoms with van der Waals surface area (Å²) in [4.78, 5) is 24.1. The summed E-state index contributed by atoms with van der Waals surface area (Å²) in [6.45, 7) is 0.214. The van der Waals surface area contributed by atoms with E-state index < -0.39 is 17.6 Å². The van der Waals surface area contributed by atoms with Crippen molar-refractivity contribution in [3.05, 3.63) is 65.0 Å². The molecule has 1 heterocycles. The summed E-state index contributed by atoms with van der Waals surface area (Å²) in [5, 5.41) is 6.96. The van der Waals surface area contributed by atoms with Gasteiger partial charge in [0.2, 0.25) is 0 Å². The van der Waals surface area contributed by atoms with Gasteiger partial charge in [0.05, 0.1) is 12.7 Å². The van der Waals surface area contributed by atoms with Crippen molar-refractivity contribution in [1.29, 1.82) is 0 Å². The van der Waals surface area contributed by atoms with Crippen molar-refractivity contribution < 1.29 is 18.7 Å². The van der Waals surface area contributed by atoms with E-state index >= 15 is 0 Å². The second-order valence-electron chi connectivity index (χ2n) is 6.32. The van der Waals surface area contributed by atoms with Gasteiger partial charge >= 0.3 is 0 Å². The molecule has 150 valence electrons. The molecule has 0 spiro atoms. The number of hydrogen-bond donors (Lipinski definition) is 3. The Morgan fingerprint density at radius 1 is 1.21 bits per heavy atom. The molecule has 9 heteroatoms. The number of halogens is 1. The molecule has 3 rings (SSSR count). The highest BCUT2D eigenvalue weighted by Crippen LogP contribution is 2.26. The lowest BCUT2D eigenvalue weighted by Gasteiger charge is -2.10. The maximum atomic E-state index is 13.4. The molecule has 1 aromatic heterocycles. The van der Waals surface area contributed by atoms with Crippen molar-refractivity contribution in [2.45, 2.75) is 6.54 Å². The van der Waals surface area contributed by atoms with Crippen LogP contribution in [0.1, 0.15) is 26.3 Å². The van der Waals surface area contributed by atoms with Gasteiger partial charge in [-0.2, -0.15) is 5.10 Å². The third-order valence-electron chi connectivity index (χ3n) is 4.42. The van der Waals surface area contributed by atoms with Crippen LogP contribution >= 0.6 is 0 Å². The van der Waals surface area contributed by atoms with Gasteiger partial charge in [-0.3, -0.25) is 14.3 Å². The summed E-state index contributed by atoms with van der Waals surface area (Å²) in [5.74, 6) is -1.18. The molecule has 0 saturated carbocycles. The van der Waals surface area contributed by atoms with E-state index in [9.17, 15) is 14.0 Å². The van der Waals surface area contributed by atoms with Crippen LogP contribution in [0.25, 0.3) is 11.3 Å². The second-order valence-corrected chi connectivity index (χ2v) is 6.32. The van der Waals surface area contributed by atoms with Crippen molar-refractivity contribution in [3.63, 3.8) is 0 Å². The van der Waals surface area contributed by atoms with Crippen LogP contribution < -0.4 is 21.5 Å². The number of amides is 2. The summed E-state index contributed by atoms with van der Waals surface area (Å²) in [6.07, 6.45) is 0. The van der Waals surface area contributed by atoms with Crippen LogP contribution in [0.2, 0.25) is 0 Å². The van der Waals surface area contributed by atoms with E-state index in [2.05, 4.69) is 10.4 Å². The number of nitrogens with two attached hydrogens (primary N) is 2. The maximum absolute atomic E-state index is 13.4. The van der Waals surface area contributed by atoms with Gasteiger partial charge in [-0.1, -0.05) is 24.3 Å². The molecule has 2 aromatic carbocycles. The number of carbonyl (C=O) groups excluding carboxylic acids is 2. The van der Waals surface area contributed by atoms with Gasteiger partial charge in [0.25, 0.3) is 11.8 Å². The van der Waals surface area contributed by atoms with Gasteiger partial charge in [-0.25, -0.2) is 4.39 Å². The lowest BCUT2D eigenvalue weighted by Crippen LogP contribution is -2.23. The Bertz CT molecular complexity index is 1080. The quantitative estimate of drug-likeness (QED) is 0.585. The largest absolute Gasteiger partial charge is 0.496 e. The summed E-state index contributed by atoms with van der Waals surface area (Å²) in [6, 6.07) is 10.8. The molecule has 0 aliphatic rings. The molecular weight excluding hydrogens is 377 g/mol. The van der Waals surface area contributed by atoms with Crippen LogP contribution in [-0.4, -0.2) is 28.7 Å². The highest BCUT2D eigenvalue weighted by atomic mass is 19.1. The zero-order chi connectivity index (χ0) is 21.1. The number of aromatic nitrogens is 2. The first-order chi connectivity index (χ1) is 13.8. The maximum Gasteiger partial charge on any atom is 0.255 e. The van der Waals surface area contributed by atoms with Gasteiger partial charge in [0, 0.05) is 19.2 Å². The molecule has 0 bridgehead atoms. The van der Waals surface area contributed by atoms with Crippen LogP contribution in [0.4, 0.5) is 10.2 Å². The Balaban J connectivity index is 1.76. The van der Waals surface area contributed by atoms with Gasteiger partial charge < -0.3 is 21.5 Å². The topological polar surface area (TPSA) is 125 Å². The van der Waals surface area contributed by atoms with Crippen LogP contribution in [0, 0.1) is 5.82 Å². The van der Waals surface area contributed by atoms with Gasteiger partial charge in [0.15, 0.2) is 0 Å². The Morgan fingerprint density at radius 3 is 2.52 bits per heavy atom. The van der Waals surface area contributed by atoms with E-state index in [0.717, 1.165) is 11.6 Å². The van der Waals surface area contributed by atoms with E-state index in [1.807, 2.05) is 0 Å². The zero-order valence-electron chi connectivity index (χ0n) is 15.9. The van der Waals surface area contributed by atoms with E-state index in [4.69, 9.17) is 16.2 Å². The number of nitrogens with zero attached hydrogens (tertiary/aromatic N) is 2. The first-order valence-electron chi connectivity index (χ1n) is 8.65. The predicted octanol–water partition coefficient (Wildman–Crippen LogP) is 1.85. The zero-order valence-corrected chi connectivity index (χ0v) is 15.9. The number of hydrogen-bond acceptors (Lipinski definition) is 5. The van der Waals surface area contributed by atoms with E-state index in [-0.39, 0.29) is 29.2 Å². The molecule has 29 heavy (non-hydrogen) atoms. The molecule has 3 aromatic rings. The summed E-state index contributed by atoms with van der Waals surface area (Å²) in [5.41, 5.74) is 13.4. The van der Waals surface area contributed by atoms with Crippen LogP contribution in [-0.2, 0) is 13.6 Å². The average Bonchev–Trinajstić information content (AvgIpc) is 3.01. The minimum atomic E-state index is -0.661. The molecule has 2 amide bonds. The van der Waals surface area contributed by atoms with Crippen molar-refractivity contribution in [2.24, 2.45) is 12.8 Å². The first-order valence-corrected chi connectivity index (χ1v) is 8.65. The van der Waals surface area contributed by atoms with Gasteiger partial charge in [-0.05, 0) is 23.8 Å². The van der Waals surface area contributed by atoms with Crippen molar-refractivity contribution in [2.75, 3.05) is 12.8 Å². The highest BCUT2D eigenvalue weighted by Gasteiger charge is 2.20. The summed E-state index contributed by atoms with van der Waals surface area (Å²) < 4.78 is 19.9. The number of ether oxygens (including phenoxy) is 1. The molecule has 0 radical (unpaired) electrons. The first kappa shape index (κ1) is 19.9. The fraction of sp³-hybridized carbons (Fsp3) is 0.150. The van der Waals surface area contributed by atoms with Gasteiger partial charge in [0.1, 0.15) is 28.6 Å².